The molecule has 0 aromatic carbocycles. The number of piperazine rings is 1. The van der Waals surface area contributed by atoms with Crippen LogP contribution in [0.1, 0.15) is 69.8 Å². The summed E-state index contributed by atoms with van der Waals surface area (Å²) in [6, 6.07) is 4.52. The fourth-order valence-corrected chi connectivity index (χ4v) is 5.46. The number of hydrogen-bond acceptors (Lipinski definition) is 3. The zero-order valence-corrected chi connectivity index (χ0v) is 19.7. The summed E-state index contributed by atoms with van der Waals surface area (Å²) in [6.45, 7) is 5.79. The van der Waals surface area contributed by atoms with Crippen molar-refractivity contribution in [2.45, 2.75) is 64.2 Å². The molecule has 29 heavy (non-hydrogen) atoms. The number of halogens is 1. The first-order chi connectivity index (χ1) is 14.1. The molecule has 0 radical (unpaired) electrons. The Morgan fingerprint density at radius 1 is 1.03 bits per heavy atom. The van der Waals surface area contributed by atoms with Gasteiger partial charge in [-0.1, -0.05) is 45.4 Å². The first kappa shape index (κ1) is 20.9. The Morgan fingerprint density at radius 2 is 1.79 bits per heavy atom. The van der Waals surface area contributed by atoms with Crippen LogP contribution in [0.25, 0.3) is 5.52 Å². The highest BCUT2D eigenvalue weighted by atomic mass is 127. The summed E-state index contributed by atoms with van der Waals surface area (Å²) < 4.78 is 2.22. The van der Waals surface area contributed by atoms with Gasteiger partial charge >= 0.3 is 0 Å². The van der Waals surface area contributed by atoms with Crippen molar-refractivity contribution in [1.82, 2.24) is 14.5 Å². The lowest BCUT2D eigenvalue weighted by atomic mass is 9.85. The predicted molar refractivity (Wildman–Crippen MR) is 127 cm³/mol. The number of anilines is 1. The van der Waals surface area contributed by atoms with Gasteiger partial charge in [-0.15, -0.1) is 0 Å². The number of rotatable bonds is 2. The van der Waals surface area contributed by atoms with Gasteiger partial charge in [-0.05, 0) is 42.4 Å². The van der Waals surface area contributed by atoms with Crippen molar-refractivity contribution < 1.29 is 4.79 Å². The van der Waals surface area contributed by atoms with Crippen LogP contribution in [0.15, 0.2) is 24.5 Å². The van der Waals surface area contributed by atoms with Gasteiger partial charge in [0, 0.05) is 61.2 Å². The highest BCUT2D eigenvalue weighted by Crippen LogP contribution is 2.34. The van der Waals surface area contributed by atoms with E-state index >= 15 is 0 Å². The van der Waals surface area contributed by atoms with E-state index in [9.17, 15) is 4.79 Å². The quantitative estimate of drug-likeness (QED) is 0.290. The maximum atomic E-state index is 11.6. The summed E-state index contributed by atoms with van der Waals surface area (Å²) in [6.07, 6.45) is 15.0. The van der Waals surface area contributed by atoms with E-state index in [1.165, 1.54) is 68.1 Å². The van der Waals surface area contributed by atoms with Crippen molar-refractivity contribution in [3.8, 4) is 0 Å². The lowest BCUT2D eigenvalue weighted by Crippen LogP contribution is -2.47. The molecule has 0 spiro atoms. The van der Waals surface area contributed by atoms with Gasteiger partial charge < -0.3 is 9.80 Å². The van der Waals surface area contributed by atoms with E-state index in [4.69, 9.17) is 0 Å². The third-order valence-corrected chi connectivity index (χ3v) is 7.54. The lowest BCUT2D eigenvalue weighted by molar-refractivity contribution is 0.222. The number of nitrogens with zero attached hydrogens (tertiary/aromatic N) is 4. The molecule has 158 valence electrons. The van der Waals surface area contributed by atoms with Crippen LogP contribution >= 0.6 is 22.6 Å². The van der Waals surface area contributed by atoms with Crippen LogP contribution in [0.4, 0.5) is 10.5 Å². The largest absolute Gasteiger partial charge is 0.366 e. The van der Waals surface area contributed by atoms with Crippen molar-refractivity contribution in [3.05, 3.63) is 30.1 Å². The fourth-order valence-electron chi connectivity index (χ4n) is 4.98. The Labute approximate surface area is 188 Å². The SMILES string of the molecule is CC1CCCCCCC(c2cc3c(N4CCN(C(=O)I)CC4)ccnn3c2)CC1. The molecule has 2 atom stereocenters. The third kappa shape index (κ3) is 5.06. The molecule has 1 saturated heterocycles. The van der Waals surface area contributed by atoms with Gasteiger partial charge in [-0.25, -0.2) is 4.52 Å². The normalized spacial score (nSPS) is 24.6. The summed E-state index contributed by atoms with van der Waals surface area (Å²) in [5, 5.41) is 4.61. The molecule has 4 rings (SSSR count). The van der Waals surface area contributed by atoms with Gasteiger partial charge in [-0.2, -0.15) is 5.10 Å². The summed E-state index contributed by atoms with van der Waals surface area (Å²) in [4.78, 5) is 16.0. The van der Waals surface area contributed by atoms with Crippen molar-refractivity contribution in [2.75, 3.05) is 31.1 Å². The average molecular weight is 508 g/mol. The molecule has 2 aromatic heterocycles. The maximum absolute atomic E-state index is 11.6. The van der Waals surface area contributed by atoms with Gasteiger partial charge in [0.05, 0.1) is 11.2 Å². The highest BCUT2D eigenvalue weighted by molar-refractivity contribution is 14.1. The van der Waals surface area contributed by atoms with E-state index in [2.05, 4.69) is 39.8 Å². The summed E-state index contributed by atoms with van der Waals surface area (Å²) in [5.74, 6) is 1.50. The third-order valence-electron chi connectivity index (χ3n) is 6.86. The number of amides is 1. The van der Waals surface area contributed by atoms with Crippen LogP contribution in [0.5, 0.6) is 0 Å². The second-order valence-corrected chi connectivity index (χ2v) is 9.84. The van der Waals surface area contributed by atoms with Crippen LogP contribution in [0.2, 0.25) is 0 Å². The predicted octanol–water partition coefficient (Wildman–Crippen LogP) is 5.87. The Bertz CT molecular complexity index is 827. The van der Waals surface area contributed by atoms with Crippen LogP contribution in [0, 0.1) is 5.92 Å². The minimum absolute atomic E-state index is 0.150. The van der Waals surface area contributed by atoms with E-state index in [1.807, 2.05) is 33.7 Å². The molecule has 2 aromatic rings. The number of carbonyl (C=O) groups is 1. The van der Waals surface area contributed by atoms with Gasteiger partial charge in [-0.3, -0.25) is 4.79 Å². The summed E-state index contributed by atoms with van der Waals surface area (Å²) >= 11 is 1.89. The van der Waals surface area contributed by atoms with E-state index in [0.29, 0.717) is 5.92 Å². The van der Waals surface area contributed by atoms with Crippen molar-refractivity contribution in [3.63, 3.8) is 0 Å². The molecule has 2 unspecified atom stereocenters. The second-order valence-electron chi connectivity index (χ2n) is 8.92. The van der Waals surface area contributed by atoms with E-state index in [0.717, 1.165) is 32.1 Å². The van der Waals surface area contributed by atoms with Gasteiger partial charge in [0.2, 0.25) is 0 Å². The number of hydrogen-bond donors (Lipinski definition) is 0. The lowest BCUT2D eigenvalue weighted by Gasteiger charge is -2.35. The minimum Gasteiger partial charge on any atom is -0.366 e. The molecule has 1 aliphatic heterocycles. The second kappa shape index (κ2) is 9.67. The van der Waals surface area contributed by atoms with Crippen LogP contribution < -0.4 is 4.90 Å². The van der Waals surface area contributed by atoms with Crippen LogP contribution in [-0.4, -0.2) is 44.6 Å². The number of fused-ring (bicyclic) bond motifs is 1. The van der Waals surface area contributed by atoms with Crippen LogP contribution in [-0.2, 0) is 0 Å². The molecule has 2 fully saturated rings. The monoisotopic (exact) mass is 508 g/mol. The number of aromatic nitrogens is 2. The van der Waals surface area contributed by atoms with Crippen LogP contribution in [0.3, 0.4) is 0 Å². The molecule has 1 amide bonds. The van der Waals surface area contributed by atoms with Crippen molar-refractivity contribution >= 4 is 37.7 Å². The van der Waals surface area contributed by atoms with Gasteiger partial charge in [0.1, 0.15) is 0 Å². The van der Waals surface area contributed by atoms with E-state index in [1.54, 1.807) is 0 Å². The molecule has 2 aliphatic rings. The van der Waals surface area contributed by atoms with E-state index in [-0.39, 0.29) is 3.91 Å². The molecule has 0 bridgehead atoms. The molecule has 6 heteroatoms. The minimum atomic E-state index is 0.150. The Hall–Kier alpha value is -1.31. The van der Waals surface area contributed by atoms with Crippen molar-refractivity contribution in [2.24, 2.45) is 5.92 Å². The Balaban J connectivity index is 1.54. The smallest absolute Gasteiger partial charge is 0.283 e. The molecule has 5 nitrogen and oxygen atoms in total. The molecular formula is C23H33IN4O. The zero-order chi connectivity index (χ0) is 20.2. The van der Waals surface area contributed by atoms with Crippen molar-refractivity contribution in [1.29, 1.82) is 0 Å². The molecule has 1 aliphatic carbocycles. The summed E-state index contributed by atoms with van der Waals surface area (Å²) in [5.41, 5.74) is 3.92. The standard InChI is InChI=1S/C23H33IN4O/c1-18-6-4-2-3-5-7-19(9-8-18)20-16-22-21(10-11-25-28(22)17-20)26-12-14-27(15-13-26)23(24)29/h10-11,16-19H,2-9,12-15H2,1H3. The summed E-state index contributed by atoms with van der Waals surface area (Å²) in [7, 11) is 0. The fraction of sp³-hybridized carbons (Fsp3) is 0.652. The number of carbonyl (C=O) groups excluding carboxylic acids is 1. The molecule has 3 heterocycles. The Morgan fingerprint density at radius 3 is 2.55 bits per heavy atom. The average Bonchev–Trinajstić information content (AvgIpc) is 3.17. The molecule has 1 saturated carbocycles. The molecule has 0 N–H and O–H groups in total. The Kier molecular flexibility index (Phi) is 6.98. The van der Waals surface area contributed by atoms with Gasteiger partial charge in [0.15, 0.2) is 0 Å². The first-order valence-electron chi connectivity index (χ1n) is 11.3. The topological polar surface area (TPSA) is 40.8 Å². The van der Waals surface area contributed by atoms with Gasteiger partial charge in [0.25, 0.3) is 3.91 Å². The maximum Gasteiger partial charge on any atom is 0.283 e. The highest BCUT2D eigenvalue weighted by Gasteiger charge is 2.23. The zero-order valence-electron chi connectivity index (χ0n) is 17.5. The molecular weight excluding hydrogens is 475 g/mol. The van der Waals surface area contributed by atoms with E-state index < -0.39 is 0 Å². The first-order valence-corrected chi connectivity index (χ1v) is 12.4.